The average Bonchev–Trinajstić information content (AvgIpc) is 3.14. The molecular formula is C13H22N4O2S. The van der Waals surface area contributed by atoms with Crippen LogP contribution in [0.15, 0.2) is 0 Å². The normalized spacial score (nSPS) is 22.2. The van der Waals surface area contributed by atoms with Gasteiger partial charge in [0.15, 0.2) is 9.84 Å². The summed E-state index contributed by atoms with van der Waals surface area (Å²) in [6.07, 6.45) is 2.52. The minimum Gasteiger partial charge on any atom is -0.355 e. The number of hydrogen-bond acceptors (Lipinski definition) is 5. The molecule has 1 saturated carbocycles. The molecule has 0 aromatic carbocycles. The molecule has 0 radical (unpaired) electrons. The van der Waals surface area contributed by atoms with Crippen molar-refractivity contribution in [1.82, 2.24) is 15.1 Å². The Kier molecular flexibility index (Phi) is 3.50. The Labute approximate surface area is 120 Å². The molecule has 1 N–H and O–H groups in total. The fourth-order valence-electron chi connectivity index (χ4n) is 2.75. The Bertz CT molecular complexity index is 590. The molecule has 1 aromatic heterocycles. The molecule has 2 fully saturated rings. The van der Waals surface area contributed by atoms with Crippen molar-refractivity contribution < 1.29 is 8.42 Å². The van der Waals surface area contributed by atoms with Crippen LogP contribution in [0.1, 0.15) is 24.1 Å². The van der Waals surface area contributed by atoms with E-state index in [0.29, 0.717) is 19.1 Å². The fourth-order valence-corrected chi connectivity index (χ4v) is 3.95. The van der Waals surface area contributed by atoms with E-state index in [0.717, 1.165) is 18.1 Å². The van der Waals surface area contributed by atoms with Crippen LogP contribution in [0.25, 0.3) is 0 Å². The van der Waals surface area contributed by atoms with Crippen molar-refractivity contribution in [3.05, 3.63) is 11.3 Å². The van der Waals surface area contributed by atoms with Crippen LogP contribution in [0.3, 0.4) is 0 Å². The highest BCUT2D eigenvalue weighted by molar-refractivity contribution is 7.91. The Balaban J connectivity index is 1.80. The van der Waals surface area contributed by atoms with E-state index in [-0.39, 0.29) is 11.5 Å². The van der Waals surface area contributed by atoms with Gasteiger partial charge in [0.1, 0.15) is 5.82 Å². The van der Waals surface area contributed by atoms with Gasteiger partial charge in [0, 0.05) is 38.3 Å². The molecular weight excluding hydrogens is 276 g/mol. The maximum absolute atomic E-state index is 11.6. The Morgan fingerprint density at radius 2 is 1.95 bits per heavy atom. The van der Waals surface area contributed by atoms with Crippen LogP contribution < -0.4 is 10.2 Å². The quantitative estimate of drug-likeness (QED) is 0.861. The summed E-state index contributed by atoms with van der Waals surface area (Å²) in [4.78, 5) is 2.16. The first-order chi connectivity index (χ1) is 9.46. The second-order valence-corrected chi connectivity index (χ2v) is 8.11. The van der Waals surface area contributed by atoms with Crippen LogP contribution in [0.2, 0.25) is 0 Å². The Morgan fingerprint density at radius 3 is 2.55 bits per heavy atom. The summed E-state index contributed by atoms with van der Waals surface area (Å²) >= 11 is 0. The van der Waals surface area contributed by atoms with Crippen molar-refractivity contribution in [3.8, 4) is 0 Å². The van der Waals surface area contributed by atoms with Crippen molar-refractivity contribution in [2.75, 3.05) is 29.5 Å². The zero-order chi connectivity index (χ0) is 14.3. The van der Waals surface area contributed by atoms with Crippen LogP contribution in [-0.4, -0.2) is 48.8 Å². The van der Waals surface area contributed by atoms with Gasteiger partial charge < -0.3 is 10.2 Å². The van der Waals surface area contributed by atoms with Gasteiger partial charge in [-0.05, 0) is 19.8 Å². The van der Waals surface area contributed by atoms with E-state index in [1.165, 1.54) is 18.4 Å². The van der Waals surface area contributed by atoms with Gasteiger partial charge in [-0.3, -0.25) is 4.68 Å². The minimum absolute atomic E-state index is 0.243. The maximum atomic E-state index is 11.6. The molecule has 0 bridgehead atoms. The number of nitrogens with one attached hydrogen (secondary N) is 1. The summed E-state index contributed by atoms with van der Waals surface area (Å²) in [5, 5.41) is 8.03. The van der Waals surface area contributed by atoms with Gasteiger partial charge >= 0.3 is 0 Å². The molecule has 0 spiro atoms. The number of nitrogens with zero attached hydrogens (tertiary/aromatic N) is 3. The zero-order valence-electron chi connectivity index (χ0n) is 12.1. The highest BCUT2D eigenvalue weighted by atomic mass is 32.2. The maximum Gasteiger partial charge on any atom is 0.153 e. The third-order valence-corrected chi connectivity index (χ3v) is 5.71. The van der Waals surface area contributed by atoms with Crippen molar-refractivity contribution in [3.63, 3.8) is 0 Å². The van der Waals surface area contributed by atoms with Gasteiger partial charge in [-0.1, -0.05) is 0 Å². The third-order valence-electron chi connectivity index (χ3n) is 4.10. The van der Waals surface area contributed by atoms with E-state index in [9.17, 15) is 8.42 Å². The SMILES string of the molecule is Cc1nn(C)c(N2CCS(=O)(=O)CC2)c1CNC1CC1. The van der Waals surface area contributed by atoms with E-state index in [4.69, 9.17) is 0 Å². The van der Waals surface area contributed by atoms with Crippen molar-refractivity contribution in [2.24, 2.45) is 7.05 Å². The van der Waals surface area contributed by atoms with Gasteiger partial charge in [0.25, 0.3) is 0 Å². The van der Waals surface area contributed by atoms with E-state index >= 15 is 0 Å². The molecule has 2 heterocycles. The summed E-state index contributed by atoms with van der Waals surface area (Å²) in [6, 6.07) is 0.657. The molecule has 112 valence electrons. The summed E-state index contributed by atoms with van der Waals surface area (Å²) in [5.41, 5.74) is 2.24. The van der Waals surface area contributed by atoms with E-state index < -0.39 is 9.84 Å². The lowest BCUT2D eigenvalue weighted by Crippen LogP contribution is -2.41. The summed E-state index contributed by atoms with van der Waals surface area (Å²) in [5.74, 6) is 1.56. The zero-order valence-corrected chi connectivity index (χ0v) is 12.9. The lowest BCUT2D eigenvalue weighted by molar-refractivity contribution is 0.583. The molecule has 2 aliphatic rings. The highest BCUT2D eigenvalue weighted by Crippen LogP contribution is 2.26. The van der Waals surface area contributed by atoms with Crippen LogP contribution in [-0.2, 0) is 23.4 Å². The Hall–Kier alpha value is -1.08. The molecule has 7 heteroatoms. The van der Waals surface area contributed by atoms with Gasteiger partial charge in [-0.25, -0.2) is 8.42 Å². The predicted molar refractivity (Wildman–Crippen MR) is 78.7 cm³/mol. The third kappa shape index (κ3) is 2.83. The monoisotopic (exact) mass is 298 g/mol. The van der Waals surface area contributed by atoms with Crippen molar-refractivity contribution >= 4 is 15.7 Å². The molecule has 0 amide bonds. The van der Waals surface area contributed by atoms with E-state index in [1.807, 2.05) is 18.7 Å². The molecule has 1 aliphatic carbocycles. The fraction of sp³-hybridized carbons (Fsp3) is 0.769. The topological polar surface area (TPSA) is 67.2 Å². The predicted octanol–water partition coefficient (Wildman–Crippen LogP) is 0.215. The molecule has 1 aliphatic heterocycles. The van der Waals surface area contributed by atoms with Gasteiger partial charge in [-0.2, -0.15) is 5.10 Å². The largest absolute Gasteiger partial charge is 0.355 e. The molecule has 20 heavy (non-hydrogen) atoms. The summed E-state index contributed by atoms with van der Waals surface area (Å²) in [7, 11) is -0.909. The minimum atomic E-state index is -2.85. The number of hydrogen-bond donors (Lipinski definition) is 1. The molecule has 6 nitrogen and oxygen atoms in total. The van der Waals surface area contributed by atoms with E-state index in [1.54, 1.807) is 0 Å². The van der Waals surface area contributed by atoms with Crippen molar-refractivity contribution in [1.29, 1.82) is 0 Å². The number of sulfone groups is 1. The first-order valence-electron chi connectivity index (χ1n) is 7.17. The van der Waals surface area contributed by atoms with Crippen LogP contribution in [0.5, 0.6) is 0 Å². The lowest BCUT2D eigenvalue weighted by Gasteiger charge is -2.29. The number of anilines is 1. The summed E-state index contributed by atoms with van der Waals surface area (Å²) in [6.45, 7) is 3.98. The first kappa shape index (κ1) is 13.9. The lowest BCUT2D eigenvalue weighted by atomic mass is 10.2. The van der Waals surface area contributed by atoms with Crippen molar-refractivity contribution in [2.45, 2.75) is 32.4 Å². The molecule has 3 rings (SSSR count). The van der Waals surface area contributed by atoms with Crippen LogP contribution in [0, 0.1) is 6.92 Å². The smallest absolute Gasteiger partial charge is 0.153 e. The second kappa shape index (κ2) is 5.04. The Morgan fingerprint density at radius 1 is 1.30 bits per heavy atom. The van der Waals surface area contributed by atoms with E-state index in [2.05, 4.69) is 15.3 Å². The number of aromatic nitrogens is 2. The molecule has 0 atom stereocenters. The van der Waals surface area contributed by atoms with Gasteiger partial charge in [0.05, 0.1) is 17.2 Å². The average molecular weight is 298 g/mol. The molecule has 1 aromatic rings. The number of rotatable bonds is 4. The molecule has 1 saturated heterocycles. The van der Waals surface area contributed by atoms with Gasteiger partial charge in [-0.15, -0.1) is 0 Å². The highest BCUT2D eigenvalue weighted by Gasteiger charge is 2.27. The van der Waals surface area contributed by atoms with Crippen LogP contribution >= 0.6 is 0 Å². The van der Waals surface area contributed by atoms with Crippen LogP contribution in [0.4, 0.5) is 5.82 Å². The second-order valence-electron chi connectivity index (χ2n) is 5.81. The standard InChI is InChI=1S/C13H22N4O2S/c1-10-12(9-14-11-3-4-11)13(16(2)15-10)17-5-7-20(18,19)8-6-17/h11,14H,3-9H2,1-2H3. The summed E-state index contributed by atoms with van der Waals surface area (Å²) < 4.78 is 25.0. The van der Waals surface area contributed by atoms with Gasteiger partial charge in [0.2, 0.25) is 0 Å². The first-order valence-corrected chi connectivity index (χ1v) is 8.99. The molecule has 0 unspecified atom stereocenters. The number of aryl methyl sites for hydroxylation is 2.